The van der Waals surface area contributed by atoms with E-state index in [1.54, 1.807) is 36.4 Å². The van der Waals surface area contributed by atoms with E-state index in [1.165, 1.54) is 0 Å². The Morgan fingerprint density at radius 2 is 1.25 bits per heavy atom. The lowest BCUT2D eigenvalue weighted by atomic mass is 9.95. The molecule has 0 aromatic heterocycles. The first-order valence-electron chi connectivity index (χ1n) is 7.08. The summed E-state index contributed by atoms with van der Waals surface area (Å²) in [5.74, 6) is -0.602. The van der Waals surface area contributed by atoms with E-state index in [2.05, 4.69) is 0 Å². The van der Waals surface area contributed by atoms with Crippen molar-refractivity contribution in [2.24, 2.45) is 0 Å². The Hall–Kier alpha value is -2.06. The third kappa shape index (κ3) is 4.72. The summed E-state index contributed by atoms with van der Waals surface area (Å²) < 4.78 is 47.2. The van der Waals surface area contributed by atoms with Crippen LogP contribution in [0.5, 0.6) is 0 Å². The van der Waals surface area contributed by atoms with Crippen molar-refractivity contribution >= 4 is 31.0 Å². The van der Waals surface area contributed by atoms with Crippen LogP contribution in [-0.4, -0.2) is 29.3 Å². The molecule has 0 saturated carbocycles. The van der Waals surface area contributed by atoms with Gasteiger partial charge in [-0.05, 0) is 40.5 Å². The monoisotopic (exact) mass is 368 g/mol. The number of sulfone groups is 2. The number of anilines is 2. The predicted molar refractivity (Wildman–Crippen MR) is 97.8 cm³/mol. The van der Waals surface area contributed by atoms with Crippen LogP contribution in [0.1, 0.15) is 11.1 Å². The molecule has 130 valence electrons. The van der Waals surface area contributed by atoms with E-state index in [-0.39, 0.29) is 17.2 Å². The fraction of sp³-hybridized carbons (Fsp3) is 0.250. The van der Waals surface area contributed by atoms with E-state index in [0.29, 0.717) is 22.4 Å². The van der Waals surface area contributed by atoms with Crippen LogP contribution in [0.25, 0.3) is 11.1 Å². The zero-order chi connectivity index (χ0) is 18.1. The molecule has 2 aromatic rings. The highest BCUT2D eigenvalue weighted by molar-refractivity contribution is 7.90. The highest BCUT2D eigenvalue weighted by atomic mass is 32.2. The molecule has 4 N–H and O–H groups in total. The Morgan fingerprint density at radius 3 is 1.75 bits per heavy atom. The molecule has 8 heteroatoms. The number of hydrogen-bond donors (Lipinski definition) is 2. The Bertz CT molecular complexity index is 964. The highest BCUT2D eigenvalue weighted by Gasteiger charge is 2.20. The van der Waals surface area contributed by atoms with Crippen LogP contribution in [-0.2, 0) is 31.2 Å². The summed E-state index contributed by atoms with van der Waals surface area (Å²) in [6.07, 6.45) is 2.19. The van der Waals surface area contributed by atoms with E-state index in [9.17, 15) is 16.8 Å². The molecule has 24 heavy (non-hydrogen) atoms. The number of hydrogen-bond acceptors (Lipinski definition) is 6. The van der Waals surface area contributed by atoms with Gasteiger partial charge in [-0.25, -0.2) is 16.8 Å². The number of nitrogens with two attached hydrogens (primary N) is 2. The summed E-state index contributed by atoms with van der Waals surface area (Å²) in [4.78, 5) is 0. The Kier molecular flexibility index (Phi) is 4.91. The third-order valence-corrected chi connectivity index (χ3v) is 5.13. The van der Waals surface area contributed by atoms with Gasteiger partial charge < -0.3 is 11.5 Å². The Labute approximate surface area is 142 Å². The number of rotatable bonds is 5. The molecule has 0 unspecified atom stereocenters. The first kappa shape index (κ1) is 18.3. The molecular formula is C16H20N2O4S2. The maximum Gasteiger partial charge on any atom is 0.151 e. The first-order chi connectivity index (χ1) is 11.0. The standard InChI is InChI=1S/C16H20N2O4S2/c1-23(19,20)9-14-13(11-3-5-12(17)6-4-11)7-8-16(18)15(14)10-24(2,21)22/h3-8H,9-10,17-18H2,1-2H3. The lowest BCUT2D eigenvalue weighted by Gasteiger charge is -2.17. The van der Waals surface area contributed by atoms with Crippen LogP contribution >= 0.6 is 0 Å². The van der Waals surface area contributed by atoms with E-state index >= 15 is 0 Å². The first-order valence-corrected chi connectivity index (χ1v) is 11.2. The van der Waals surface area contributed by atoms with Crippen LogP contribution in [0.3, 0.4) is 0 Å². The van der Waals surface area contributed by atoms with E-state index in [4.69, 9.17) is 11.5 Å². The van der Waals surface area contributed by atoms with Crippen LogP contribution in [0.2, 0.25) is 0 Å². The van der Waals surface area contributed by atoms with Gasteiger partial charge in [-0.2, -0.15) is 0 Å². The second-order valence-electron chi connectivity index (χ2n) is 5.92. The van der Waals surface area contributed by atoms with E-state index < -0.39 is 19.7 Å². The van der Waals surface area contributed by atoms with Gasteiger partial charge in [0.2, 0.25) is 0 Å². The average molecular weight is 368 g/mol. The summed E-state index contributed by atoms with van der Waals surface area (Å²) in [5.41, 5.74) is 14.6. The van der Waals surface area contributed by atoms with Crippen LogP contribution in [0, 0.1) is 0 Å². The number of nitrogen functional groups attached to an aromatic ring is 2. The molecule has 0 aliphatic heterocycles. The highest BCUT2D eigenvalue weighted by Crippen LogP contribution is 2.32. The van der Waals surface area contributed by atoms with Gasteiger partial charge in [0.25, 0.3) is 0 Å². The van der Waals surface area contributed by atoms with Crippen LogP contribution in [0.15, 0.2) is 36.4 Å². The van der Waals surface area contributed by atoms with Crippen molar-refractivity contribution in [3.8, 4) is 11.1 Å². The largest absolute Gasteiger partial charge is 0.399 e. The smallest absolute Gasteiger partial charge is 0.151 e. The molecular weight excluding hydrogens is 348 g/mol. The molecule has 0 aliphatic rings. The van der Waals surface area contributed by atoms with Crippen LogP contribution in [0.4, 0.5) is 11.4 Å². The molecule has 0 atom stereocenters. The van der Waals surface area contributed by atoms with Gasteiger partial charge in [-0.3, -0.25) is 0 Å². The number of benzene rings is 2. The zero-order valence-corrected chi connectivity index (χ0v) is 15.1. The summed E-state index contributed by atoms with van der Waals surface area (Å²) in [6, 6.07) is 10.2. The molecule has 6 nitrogen and oxygen atoms in total. The molecule has 0 heterocycles. The zero-order valence-electron chi connectivity index (χ0n) is 13.5. The van der Waals surface area contributed by atoms with Gasteiger partial charge in [0.15, 0.2) is 19.7 Å². The second kappa shape index (κ2) is 6.45. The topological polar surface area (TPSA) is 120 Å². The van der Waals surface area contributed by atoms with Gasteiger partial charge in [0, 0.05) is 23.9 Å². The van der Waals surface area contributed by atoms with Crippen molar-refractivity contribution in [2.45, 2.75) is 11.5 Å². The second-order valence-corrected chi connectivity index (χ2v) is 10.2. The van der Waals surface area contributed by atoms with Gasteiger partial charge in [-0.15, -0.1) is 0 Å². The summed E-state index contributed by atoms with van der Waals surface area (Å²) in [6.45, 7) is 0. The van der Waals surface area contributed by atoms with Gasteiger partial charge in [0.05, 0.1) is 11.5 Å². The molecule has 2 aromatic carbocycles. The molecule has 0 saturated heterocycles. The van der Waals surface area contributed by atoms with Crippen molar-refractivity contribution < 1.29 is 16.8 Å². The summed E-state index contributed by atoms with van der Waals surface area (Å²) >= 11 is 0. The minimum atomic E-state index is -3.39. The van der Waals surface area contributed by atoms with Crippen molar-refractivity contribution in [3.05, 3.63) is 47.5 Å². The van der Waals surface area contributed by atoms with Crippen molar-refractivity contribution in [2.75, 3.05) is 24.0 Å². The minimum absolute atomic E-state index is 0.262. The van der Waals surface area contributed by atoms with Gasteiger partial charge in [-0.1, -0.05) is 18.2 Å². The average Bonchev–Trinajstić information content (AvgIpc) is 2.42. The van der Waals surface area contributed by atoms with Crippen molar-refractivity contribution in [3.63, 3.8) is 0 Å². The molecule has 0 amide bonds. The van der Waals surface area contributed by atoms with Gasteiger partial charge >= 0.3 is 0 Å². The van der Waals surface area contributed by atoms with Crippen molar-refractivity contribution in [1.82, 2.24) is 0 Å². The van der Waals surface area contributed by atoms with Gasteiger partial charge in [0.1, 0.15) is 0 Å². The summed E-state index contributed by atoms with van der Waals surface area (Å²) in [7, 11) is -6.76. The maximum atomic E-state index is 11.9. The lowest BCUT2D eigenvalue weighted by Crippen LogP contribution is -2.12. The van der Waals surface area contributed by atoms with E-state index in [1.807, 2.05) is 0 Å². The fourth-order valence-corrected chi connectivity index (χ4v) is 4.22. The molecule has 0 bridgehead atoms. The molecule has 0 aliphatic carbocycles. The minimum Gasteiger partial charge on any atom is -0.399 e. The molecule has 2 rings (SSSR count). The predicted octanol–water partition coefficient (Wildman–Crippen LogP) is 1.61. The Morgan fingerprint density at radius 1 is 0.750 bits per heavy atom. The molecule has 0 radical (unpaired) electrons. The molecule has 0 fully saturated rings. The fourth-order valence-electron chi connectivity index (χ4n) is 2.50. The van der Waals surface area contributed by atoms with E-state index in [0.717, 1.165) is 18.1 Å². The quantitative estimate of drug-likeness (QED) is 0.774. The SMILES string of the molecule is CS(=O)(=O)Cc1c(N)ccc(-c2ccc(N)cc2)c1CS(C)(=O)=O. The van der Waals surface area contributed by atoms with Crippen molar-refractivity contribution in [1.29, 1.82) is 0 Å². The normalized spacial score (nSPS) is 12.2. The summed E-state index contributed by atoms with van der Waals surface area (Å²) in [5, 5.41) is 0. The lowest BCUT2D eigenvalue weighted by molar-refractivity contribution is 0.597. The molecule has 0 spiro atoms. The van der Waals surface area contributed by atoms with Crippen LogP contribution < -0.4 is 11.5 Å². The Balaban J connectivity index is 2.74. The maximum absolute atomic E-state index is 11.9. The third-order valence-electron chi connectivity index (χ3n) is 3.50.